The summed E-state index contributed by atoms with van der Waals surface area (Å²) in [6.07, 6.45) is 3.64. The first-order chi connectivity index (χ1) is 13.8. The Bertz CT molecular complexity index is 791. The Labute approximate surface area is 174 Å². The molecule has 1 aromatic rings. The number of quaternary nitrogens is 1. The molecule has 1 aliphatic heterocycles. The smallest absolute Gasteiger partial charge is 0.282 e. The van der Waals surface area contributed by atoms with Crippen molar-refractivity contribution in [2.75, 3.05) is 31.6 Å². The third-order valence-electron chi connectivity index (χ3n) is 6.45. The molecule has 1 heterocycles. The molecule has 1 aromatic carbocycles. The molecule has 3 N–H and O–H groups in total. The van der Waals surface area contributed by atoms with Gasteiger partial charge in [-0.3, -0.25) is 4.79 Å². The maximum absolute atomic E-state index is 12.7. The van der Waals surface area contributed by atoms with E-state index >= 15 is 0 Å². The van der Waals surface area contributed by atoms with Crippen molar-refractivity contribution < 1.29 is 23.3 Å². The Morgan fingerprint density at radius 1 is 1.17 bits per heavy atom. The molecular formula is C21H34N3O4S+. The van der Waals surface area contributed by atoms with Gasteiger partial charge in [0.25, 0.3) is 5.91 Å². The molecule has 0 radical (unpaired) electrons. The summed E-state index contributed by atoms with van der Waals surface area (Å²) < 4.78 is 32.0. The zero-order valence-corrected chi connectivity index (χ0v) is 18.5. The van der Waals surface area contributed by atoms with E-state index in [0.717, 1.165) is 6.42 Å². The molecule has 29 heavy (non-hydrogen) atoms. The lowest BCUT2D eigenvalue weighted by Gasteiger charge is -2.33. The molecule has 4 atom stereocenters. The number of hydrogen-bond acceptors (Lipinski definition) is 4. The first-order valence-electron chi connectivity index (χ1n) is 10.6. The molecule has 7 nitrogen and oxygen atoms in total. The van der Waals surface area contributed by atoms with Crippen LogP contribution in [-0.2, 0) is 19.6 Å². The molecule has 1 aliphatic carbocycles. The number of nitrogens with one attached hydrogen (secondary N) is 1. The first-order valence-corrected chi connectivity index (χ1v) is 12.1. The van der Waals surface area contributed by atoms with Gasteiger partial charge < -0.3 is 15.4 Å². The van der Waals surface area contributed by atoms with Gasteiger partial charge in [0.1, 0.15) is 0 Å². The maximum atomic E-state index is 12.7. The number of amides is 1. The standard InChI is InChI=1S/C21H33N3O4S/c1-15-5-4-6-20(16(15)2)22-17(3)21(25)23-18-7-9-19(10-8-18)29(26,27)24-11-13-28-14-12-24/h7-10,15-17,20,22H,4-6,11-14H2,1-3H3,(H,23,25)/p+1/t15-,16-,17+,20+/m1/s1. The average Bonchev–Trinajstić information content (AvgIpc) is 2.72. The fourth-order valence-electron chi connectivity index (χ4n) is 4.26. The van der Waals surface area contributed by atoms with Crippen LogP contribution < -0.4 is 10.6 Å². The quantitative estimate of drug-likeness (QED) is 0.722. The summed E-state index contributed by atoms with van der Waals surface area (Å²) in [4.78, 5) is 12.9. The molecule has 8 heteroatoms. The predicted octanol–water partition coefficient (Wildman–Crippen LogP) is 1.42. The van der Waals surface area contributed by atoms with Gasteiger partial charge in [-0.25, -0.2) is 8.42 Å². The number of carbonyl (C=O) groups is 1. The number of rotatable bonds is 6. The molecule has 0 aromatic heterocycles. The van der Waals surface area contributed by atoms with E-state index in [1.165, 1.54) is 17.1 Å². The minimum absolute atomic E-state index is 0.0563. The second-order valence-electron chi connectivity index (χ2n) is 8.44. The normalized spacial score (nSPS) is 27.3. The van der Waals surface area contributed by atoms with Crippen molar-refractivity contribution in [3.05, 3.63) is 24.3 Å². The summed E-state index contributed by atoms with van der Waals surface area (Å²) in [6.45, 7) is 8.07. The van der Waals surface area contributed by atoms with Gasteiger partial charge in [-0.1, -0.05) is 13.8 Å². The van der Waals surface area contributed by atoms with Crippen LogP contribution in [0.25, 0.3) is 0 Å². The Balaban J connectivity index is 1.58. The minimum Gasteiger partial charge on any atom is -0.379 e. The molecule has 3 rings (SSSR count). The maximum Gasteiger partial charge on any atom is 0.282 e. The lowest BCUT2D eigenvalue weighted by molar-refractivity contribution is -0.715. The van der Waals surface area contributed by atoms with Crippen molar-refractivity contribution >= 4 is 21.6 Å². The summed E-state index contributed by atoms with van der Waals surface area (Å²) in [7, 11) is -3.52. The molecule has 0 spiro atoms. The van der Waals surface area contributed by atoms with Gasteiger partial charge in [0, 0.05) is 24.7 Å². The van der Waals surface area contributed by atoms with Crippen molar-refractivity contribution in [2.24, 2.45) is 11.8 Å². The van der Waals surface area contributed by atoms with Gasteiger partial charge in [-0.2, -0.15) is 4.31 Å². The monoisotopic (exact) mass is 424 g/mol. The number of morpholine rings is 1. The number of nitrogens with two attached hydrogens (primary N) is 1. The molecule has 1 saturated heterocycles. The highest BCUT2D eigenvalue weighted by molar-refractivity contribution is 7.89. The number of anilines is 1. The lowest BCUT2D eigenvalue weighted by atomic mass is 9.78. The highest BCUT2D eigenvalue weighted by Crippen LogP contribution is 2.27. The van der Waals surface area contributed by atoms with Crippen LogP contribution in [0.1, 0.15) is 40.0 Å². The minimum atomic E-state index is -3.52. The van der Waals surface area contributed by atoms with Crippen LogP contribution in [-0.4, -0.2) is 57.0 Å². The van der Waals surface area contributed by atoms with Crippen LogP contribution in [0, 0.1) is 11.8 Å². The van der Waals surface area contributed by atoms with E-state index in [2.05, 4.69) is 24.5 Å². The number of carbonyl (C=O) groups excluding carboxylic acids is 1. The molecule has 2 aliphatic rings. The van der Waals surface area contributed by atoms with Crippen molar-refractivity contribution in [3.63, 3.8) is 0 Å². The molecule has 162 valence electrons. The summed E-state index contributed by atoms with van der Waals surface area (Å²) in [5.41, 5.74) is 0.612. The van der Waals surface area contributed by atoms with E-state index in [-0.39, 0.29) is 16.8 Å². The number of sulfonamides is 1. The molecule has 1 amide bonds. The van der Waals surface area contributed by atoms with Crippen LogP contribution >= 0.6 is 0 Å². The largest absolute Gasteiger partial charge is 0.379 e. The second kappa shape index (κ2) is 9.55. The summed E-state index contributed by atoms with van der Waals surface area (Å²) in [5, 5.41) is 5.10. The topological polar surface area (TPSA) is 92.3 Å². The Kier molecular flexibility index (Phi) is 7.32. The Hall–Kier alpha value is -1.48. The number of benzene rings is 1. The molecule has 0 bridgehead atoms. The van der Waals surface area contributed by atoms with Crippen molar-refractivity contribution in [1.29, 1.82) is 0 Å². The lowest BCUT2D eigenvalue weighted by Crippen LogP contribution is -2.97. The SMILES string of the molecule is C[C@@H]1[C@H](C)CCC[C@@H]1[NH2+][C@@H](C)C(=O)Nc1ccc(S(=O)(=O)N2CCOCC2)cc1. The molecule has 2 fully saturated rings. The Morgan fingerprint density at radius 3 is 2.48 bits per heavy atom. The highest BCUT2D eigenvalue weighted by atomic mass is 32.2. The van der Waals surface area contributed by atoms with Crippen LogP contribution in [0.3, 0.4) is 0 Å². The molecular weight excluding hydrogens is 390 g/mol. The van der Waals surface area contributed by atoms with E-state index in [1.54, 1.807) is 24.3 Å². The van der Waals surface area contributed by atoms with Crippen molar-refractivity contribution in [3.8, 4) is 0 Å². The van der Waals surface area contributed by atoms with Crippen LogP contribution in [0.5, 0.6) is 0 Å². The van der Waals surface area contributed by atoms with E-state index in [4.69, 9.17) is 4.74 Å². The Morgan fingerprint density at radius 2 is 1.83 bits per heavy atom. The fraction of sp³-hybridized carbons (Fsp3) is 0.667. The van der Waals surface area contributed by atoms with Gasteiger partial charge in [-0.15, -0.1) is 0 Å². The number of hydrogen-bond donors (Lipinski definition) is 2. The van der Waals surface area contributed by atoms with E-state index in [0.29, 0.717) is 49.9 Å². The number of nitrogens with zero attached hydrogens (tertiary/aromatic N) is 1. The first kappa shape index (κ1) is 22.2. The third kappa shape index (κ3) is 5.36. The van der Waals surface area contributed by atoms with Crippen LogP contribution in [0.2, 0.25) is 0 Å². The van der Waals surface area contributed by atoms with Gasteiger partial charge in [0.2, 0.25) is 10.0 Å². The van der Waals surface area contributed by atoms with Crippen molar-refractivity contribution in [1.82, 2.24) is 4.31 Å². The van der Waals surface area contributed by atoms with Crippen LogP contribution in [0.15, 0.2) is 29.2 Å². The van der Waals surface area contributed by atoms with E-state index in [1.807, 2.05) is 6.92 Å². The molecule has 1 saturated carbocycles. The fourth-order valence-corrected chi connectivity index (χ4v) is 5.66. The van der Waals surface area contributed by atoms with E-state index < -0.39 is 10.0 Å². The summed E-state index contributed by atoms with van der Waals surface area (Å²) >= 11 is 0. The van der Waals surface area contributed by atoms with Gasteiger partial charge in [0.05, 0.1) is 24.2 Å². The zero-order valence-electron chi connectivity index (χ0n) is 17.6. The summed E-state index contributed by atoms with van der Waals surface area (Å²) in [6, 6.07) is 6.70. The van der Waals surface area contributed by atoms with Gasteiger partial charge in [0.15, 0.2) is 6.04 Å². The van der Waals surface area contributed by atoms with E-state index in [9.17, 15) is 13.2 Å². The number of ether oxygens (including phenoxy) is 1. The highest BCUT2D eigenvalue weighted by Gasteiger charge is 2.32. The molecule has 0 unspecified atom stereocenters. The van der Waals surface area contributed by atoms with Gasteiger partial charge in [-0.05, 0) is 56.4 Å². The van der Waals surface area contributed by atoms with Crippen LogP contribution in [0.4, 0.5) is 5.69 Å². The zero-order chi connectivity index (χ0) is 21.0. The van der Waals surface area contributed by atoms with Crippen molar-refractivity contribution in [2.45, 2.75) is 57.0 Å². The average molecular weight is 425 g/mol. The summed E-state index contributed by atoms with van der Waals surface area (Å²) in [5.74, 6) is 1.24. The third-order valence-corrected chi connectivity index (χ3v) is 8.36. The van der Waals surface area contributed by atoms with Gasteiger partial charge >= 0.3 is 0 Å². The second-order valence-corrected chi connectivity index (χ2v) is 10.4. The predicted molar refractivity (Wildman–Crippen MR) is 112 cm³/mol.